The Kier molecular flexibility index (Phi) is 7.90. The highest BCUT2D eigenvalue weighted by molar-refractivity contribution is 6.22. The minimum absolute atomic E-state index is 0.224. The molecule has 3 nitrogen and oxygen atoms in total. The predicted octanol–water partition coefficient (Wildman–Crippen LogP) is 6.11. The Bertz CT molecular complexity index is 571. The van der Waals surface area contributed by atoms with Crippen molar-refractivity contribution in [1.29, 1.82) is 0 Å². The van der Waals surface area contributed by atoms with Crippen LogP contribution in [0.1, 0.15) is 98.3 Å². The molecule has 0 fully saturated rings. The van der Waals surface area contributed by atoms with Gasteiger partial charge in [-0.15, -0.1) is 0 Å². The maximum Gasteiger partial charge on any atom is 0.265 e. The Morgan fingerprint density at radius 2 is 1.24 bits per heavy atom. The van der Waals surface area contributed by atoms with Crippen LogP contribution in [-0.4, -0.2) is 16.7 Å². The smallest absolute Gasteiger partial charge is 0.265 e. The van der Waals surface area contributed by atoms with Crippen molar-refractivity contribution in [2.24, 2.45) is 0 Å². The first-order chi connectivity index (χ1) is 12.2. The summed E-state index contributed by atoms with van der Waals surface area (Å²) < 4.78 is 0. The van der Waals surface area contributed by atoms with E-state index >= 15 is 0 Å². The van der Waals surface area contributed by atoms with Crippen LogP contribution in [-0.2, 0) is 0 Å². The number of imide groups is 1. The SMILES string of the molecule is C=C(CCCCCCCCCCCC)N1C(=O)c2ccccc2C1=O. The van der Waals surface area contributed by atoms with E-state index in [2.05, 4.69) is 13.5 Å². The van der Waals surface area contributed by atoms with Crippen molar-refractivity contribution in [2.45, 2.75) is 77.6 Å². The van der Waals surface area contributed by atoms with Gasteiger partial charge in [0.1, 0.15) is 0 Å². The molecule has 25 heavy (non-hydrogen) atoms. The third-order valence-electron chi connectivity index (χ3n) is 4.93. The normalized spacial score (nSPS) is 13.4. The van der Waals surface area contributed by atoms with Gasteiger partial charge in [0.15, 0.2) is 0 Å². The van der Waals surface area contributed by atoms with Gasteiger partial charge in [-0.05, 0) is 25.0 Å². The average Bonchev–Trinajstić information content (AvgIpc) is 2.88. The summed E-state index contributed by atoms with van der Waals surface area (Å²) in [6, 6.07) is 7.00. The number of nitrogens with zero attached hydrogens (tertiary/aromatic N) is 1. The lowest BCUT2D eigenvalue weighted by Gasteiger charge is -2.16. The summed E-state index contributed by atoms with van der Waals surface area (Å²) in [7, 11) is 0. The topological polar surface area (TPSA) is 37.4 Å². The first-order valence-electron chi connectivity index (χ1n) is 9.82. The predicted molar refractivity (Wildman–Crippen MR) is 103 cm³/mol. The van der Waals surface area contributed by atoms with Gasteiger partial charge < -0.3 is 0 Å². The molecule has 136 valence electrons. The molecule has 0 unspecified atom stereocenters. The van der Waals surface area contributed by atoms with Gasteiger partial charge in [-0.3, -0.25) is 9.59 Å². The molecule has 0 saturated carbocycles. The van der Waals surface area contributed by atoms with Crippen LogP contribution in [0.2, 0.25) is 0 Å². The fourth-order valence-electron chi connectivity index (χ4n) is 3.40. The molecule has 0 saturated heterocycles. The zero-order chi connectivity index (χ0) is 18.1. The number of fused-ring (bicyclic) bond motifs is 1. The van der Waals surface area contributed by atoms with Crippen LogP contribution in [0.25, 0.3) is 0 Å². The van der Waals surface area contributed by atoms with Crippen LogP contribution >= 0.6 is 0 Å². The van der Waals surface area contributed by atoms with Gasteiger partial charge in [0.2, 0.25) is 0 Å². The van der Waals surface area contributed by atoms with E-state index in [9.17, 15) is 9.59 Å². The molecule has 0 aromatic heterocycles. The minimum atomic E-state index is -0.224. The Hall–Kier alpha value is -1.90. The number of carbonyl (C=O) groups excluding carboxylic acids is 2. The molecule has 0 spiro atoms. The highest BCUT2D eigenvalue weighted by Gasteiger charge is 2.36. The molecule has 2 amide bonds. The van der Waals surface area contributed by atoms with E-state index in [4.69, 9.17) is 0 Å². The summed E-state index contributed by atoms with van der Waals surface area (Å²) in [6.45, 7) is 6.23. The molecule has 1 aliphatic rings. The standard InChI is InChI=1S/C22H31NO2/c1-3-4-5-6-7-8-9-10-11-12-15-18(2)23-21(24)19-16-13-14-17-20(19)22(23)25/h13-14,16-17H,2-12,15H2,1H3. The van der Waals surface area contributed by atoms with Gasteiger partial charge in [-0.1, -0.05) is 83.4 Å². The van der Waals surface area contributed by atoms with Gasteiger partial charge in [0, 0.05) is 5.70 Å². The molecule has 1 heterocycles. The van der Waals surface area contributed by atoms with Crippen LogP contribution in [0.15, 0.2) is 36.5 Å². The number of hydrogen-bond donors (Lipinski definition) is 0. The summed E-state index contributed by atoms with van der Waals surface area (Å²) in [5.74, 6) is -0.449. The monoisotopic (exact) mass is 341 g/mol. The molecule has 1 aromatic carbocycles. The summed E-state index contributed by atoms with van der Waals surface area (Å²) >= 11 is 0. The number of rotatable bonds is 12. The molecule has 3 heteroatoms. The lowest BCUT2D eigenvalue weighted by Crippen LogP contribution is -2.28. The molecular formula is C22H31NO2. The van der Waals surface area contributed by atoms with Crippen molar-refractivity contribution in [1.82, 2.24) is 4.90 Å². The van der Waals surface area contributed by atoms with Gasteiger partial charge in [0.05, 0.1) is 11.1 Å². The Balaban J connectivity index is 1.62. The zero-order valence-corrected chi connectivity index (χ0v) is 15.6. The van der Waals surface area contributed by atoms with Crippen molar-refractivity contribution >= 4 is 11.8 Å². The van der Waals surface area contributed by atoms with Gasteiger partial charge in [-0.2, -0.15) is 0 Å². The molecule has 1 aromatic rings. The number of unbranched alkanes of at least 4 members (excludes halogenated alkanes) is 9. The van der Waals surface area contributed by atoms with Crippen molar-refractivity contribution in [3.8, 4) is 0 Å². The van der Waals surface area contributed by atoms with Gasteiger partial charge in [-0.25, -0.2) is 4.90 Å². The quantitative estimate of drug-likeness (QED) is 0.340. The molecule has 0 atom stereocenters. The maximum atomic E-state index is 12.4. The fraction of sp³-hybridized carbons (Fsp3) is 0.545. The number of amides is 2. The Morgan fingerprint density at radius 3 is 1.72 bits per heavy atom. The molecule has 0 aliphatic carbocycles. The molecule has 0 N–H and O–H groups in total. The second kappa shape index (κ2) is 10.2. The first kappa shape index (κ1) is 19.4. The van der Waals surface area contributed by atoms with Crippen LogP contribution in [0.4, 0.5) is 0 Å². The van der Waals surface area contributed by atoms with E-state index < -0.39 is 0 Å². The summed E-state index contributed by atoms with van der Waals surface area (Å²) in [4.78, 5) is 26.0. The van der Waals surface area contributed by atoms with Crippen molar-refractivity contribution in [2.75, 3.05) is 0 Å². The van der Waals surface area contributed by atoms with E-state index in [0.29, 0.717) is 23.2 Å². The second-order valence-electron chi connectivity index (χ2n) is 6.99. The number of hydrogen-bond acceptors (Lipinski definition) is 2. The molecule has 1 aliphatic heterocycles. The van der Waals surface area contributed by atoms with Gasteiger partial charge in [0.25, 0.3) is 11.8 Å². The Morgan fingerprint density at radius 1 is 0.800 bits per heavy atom. The maximum absolute atomic E-state index is 12.4. The fourth-order valence-corrected chi connectivity index (χ4v) is 3.40. The van der Waals surface area contributed by atoms with Gasteiger partial charge >= 0.3 is 0 Å². The van der Waals surface area contributed by atoms with Crippen molar-refractivity contribution in [3.63, 3.8) is 0 Å². The van der Waals surface area contributed by atoms with Crippen molar-refractivity contribution in [3.05, 3.63) is 47.7 Å². The van der Waals surface area contributed by atoms with Crippen LogP contribution in [0.5, 0.6) is 0 Å². The summed E-state index contributed by atoms with van der Waals surface area (Å²) in [6.07, 6.45) is 13.4. The second-order valence-corrected chi connectivity index (χ2v) is 6.99. The van der Waals surface area contributed by atoms with Crippen LogP contribution in [0, 0.1) is 0 Å². The molecular weight excluding hydrogens is 310 g/mol. The molecule has 0 radical (unpaired) electrons. The van der Waals surface area contributed by atoms with E-state index in [1.54, 1.807) is 24.3 Å². The highest BCUT2D eigenvalue weighted by atomic mass is 16.2. The Labute approximate surface area is 152 Å². The highest BCUT2D eigenvalue weighted by Crippen LogP contribution is 2.27. The molecule has 0 bridgehead atoms. The molecule has 2 rings (SSSR count). The third-order valence-corrected chi connectivity index (χ3v) is 4.93. The number of allylic oxidation sites excluding steroid dienone is 1. The van der Waals surface area contributed by atoms with E-state index in [-0.39, 0.29) is 11.8 Å². The van der Waals surface area contributed by atoms with Crippen molar-refractivity contribution < 1.29 is 9.59 Å². The average molecular weight is 341 g/mol. The lowest BCUT2D eigenvalue weighted by molar-refractivity contribution is 0.0699. The van der Waals surface area contributed by atoms with Crippen LogP contribution < -0.4 is 0 Å². The minimum Gasteiger partial charge on any atom is -0.268 e. The van der Waals surface area contributed by atoms with Crippen LogP contribution in [0.3, 0.4) is 0 Å². The largest absolute Gasteiger partial charge is 0.268 e. The third kappa shape index (κ3) is 5.29. The summed E-state index contributed by atoms with van der Waals surface area (Å²) in [5, 5.41) is 0. The van der Waals surface area contributed by atoms with E-state index in [1.807, 2.05) is 0 Å². The zero-order valence-electron chi connectivity index (χ0n) is 15.6. The summed E-state index contributed by atoms with van der Waals surface area (Å²) in [5.41, 5.74) is 1.62. The number of carbonyl (C=O) groups is 2. The number of benzene rings is 1. The lowest BCUT2D eigenvalue weighted by atomic mass is 10.1. The van der Waals surface area contributed by atoms with E-state index in [0.717, 1.165) is 12.8 Å². The first-order valence-corrected chi connectivity index (χ1v) is 9.82. The van der Waals surface area contributed by atoms with E-state index in [1.165, 1.54) is 56.3 Å².